The maximum absolute atomic E-state index is 5.18. The summed E-state index contributed by atoms with van der Waals surface area (Å²) in [6.07, 6.45) is 4.25. The minimum Gasteiger partial charge on any atom is -0.328 e. The zero-order chi connectivity index (χ0) is 19.8. The highest BCUT2D eigenvalue weighted by atomic mass is 15.3. The van der Waals surface area contributed by atoms with Gasteiger partial charge in [-0.25, -0.2) is 4.98 Å². The molecule has 0 radical (unpaired) electrons. The number of imidazole rings is 1. The molecule has 29 heavy (non-hydrogen) atoms. The summed E-state index contributed by atoms with van der Waals surface area (Å²) in [5.74, 6) is 1.12. The molecular weight excluding hydrogens is 356 g/mol. The van der Waals surface area contributed by atoms with Crippen molar-refractivity contribution in [1.82, 2.24) is 19.4 Å². The molecule has 2 fully saturated rings. The summed E-state index contributed by atoms with van der Waals surface area (Å²) in [5, 5.41) is 2.57. The Bertz CT molecular complexity index is 988. The molecule has 5 rings (SSSR count). The van der Waals surface area contributed by atoms with Crippen molar-refractivity contribution in [2.75, 3.05) is 26.2 Å². The smallest absolute Gasteiger partial charge is 0.141 e. The first-order valence-electron chi connectivity index (χ1n) is 11.2. The number of hydrogen-bond acceptors (Lipinski definition) is 3. The van der Waals surface area contributed by atoms with Crippen LogP contribution in [-0.4, -0.2) is 51.6 Å². The lowest BCUT2D eigenvalue weighted by atomic mass is 9.91. The van der Waals surface area contributed by atoms with Crippen molar-refractivity contribution in [2.45, 2.75) is 52.2 Å². The molecule has 4 nitrogen and oxygen atoms in total. The molecule has 0 atom stereocenters. The van der Waals surface area contributed by atoms with E-state index in [9.17, 15) is 0 Å². The van der Waals surface area contributed by atoms with E-state index >= 15 is 0 Å². The van der Waals surface area contributed by atoms with Crippen molar-refractivity contribution >= 4 is 10.8 Å². The Morgan fingerprint density at radius 2 is 1.72 bits per heavy atom. The SMILES string of the molecule is CCn1c(-c2cccc3ccccc23)nc(CN2CCN(C3CCC3)CC2)c1C. The standard InChI is InChI=1S/C25H32N4/c1-3-29-19(2)24(18-27-14-16-28(17-15-27)21-10-7-11-21)26-25(29)23-13-6-9-20-8-4-5-12-22(20)23/h4-6,8-9,12-13,21H,3,7,10-11,14-18H2,1-2H3. The zero-order valence-corrected chi connectivity index (χ0v) is 17.8. The number of fused-ring (bicyclic) bond motifs is 1. The molecule has 1 saturated heterocycles. The first-order chi connectivity index (χ1) is 14.2. The highest BCUT2D eigenvalue weighted by Gasteiger charge is 2.28. The van der Waals surface area contributed by atoms with E-state index in [1.807, 2.05) is 0 Å². The lowest BCUT2D eigenvalue weighted by molar-refractivity contribution is 0.0582. The summed E-state index contributed by atoms with van der Waals surface area (Å²) in [6.45, 7) is 11.2. The number of rotatable bonds is 5. The van der Waals surface area contributed by atoms with Gasteiger partial charge in [0.05, 0.1) is 5.69 Å². The number of hydrogen-bond donors (Lipinski definition) is 0. The third kappa shape index (κ3) is 3.49. The van der Waals surface area contributed by atoms with Gasteiger partial charge in [0.2, 0.25) is 0 Å². The summed E-state index contributed by atoms with van der Waals surface area (Å²) >= 11 is 0. The van der Waals surface area contributed by atoms with Gasteiger partial charge in [-0.15, -0.1) is 0 Å². The van der Waals surface area contributed by atoms with Gasteiger partial charge in [0.1, 0.15) is 5.82 Å². The number of nitrogens with zero attached hydrogens (tertiary/aromatic N) is 4. The first kappa shape index (κ1) is 18.8. The largest absolute Gasteiger partial charge is 0.328 e. The molecule has 0 bridgehead atoms. The van der Waals surface area contributed by atoms with Gasteiger partial charge in [0, 0.05) is 56.6 Å². The summed E-state index contributed by atoms with van der Waals surface area (Å²) in [7, 11) is 0. The van der Waals surface area contributed by atoms with Gasteiger partial charge in [0.15, 0.2) is 0 Å². The molecule has 4 heteroatoms. The Morgan fingerprint density at radius 3 is 2.45 bits per heavy atom. The third-order valence-electron chi connectivity index (χ3n) is 7.04. The molecule has 1 aliphatic heterocycles. The molecule has 152 valence electrons. The summed E-state index contributed by atoms with van der Waals surface area (Å²) in [5.41, 5.74) is 3.80. The van der Waals surface area contributed by atoms with Crippen LogP contribution in [0.3, 0.4) is 0 Å². The predicted octanol–water partition coefficient (Wildman–Crippen LogP) is 4.70. The van der Waals surface area contributed by atoms with Gasteiger partial charge >= 0.3 is 0 Å². The van der Waals surface area contributed by atoms with Crippen LogP contribution in [0, 0.1) is 6.92 Å². The van der Waals surface area contributed by atoms with E-state index in [-0.39, 0.29) is 0 Å². The lowest BCUT2D eigenvalue weighted by Crippen LogP contribution is -2.51. The molecule has 0 amide bonds. The highest BCUT2D eigenvalue weighted by molar-refractivity contribution is 5.95. The highest BCUT2D eigenvalue weighted by Crippen LogP contribution is 2.30. The Balaban J connectivity index is 1.40. The molecule has 1 aliphatic carbocycles. The van der Waals surface area contributed by atoms with Crippen LogP contribution >= 0.6 is 0 Å². The van der Waals surface area contributed by atoms with Gasteiger partial charge in [-0.1, -0.05) is 48.9 Å². The van der Waals surface area contributed by atoms with E-state index in [4.69, 9.17) is 4.98 Å². The van der Waals surface area contributed by atoms with Crippen LogP contribution in [0.5, 0.6) is 0 Å². The average molecular weight is 389 g/mol. The van der Waals surface area contributed by atoms with E-state index in [1.54, 1.807) is 0 Å². The predicted molar refractivity (Wildman–Crippen MR) is 120 cm³/mol. The van der Waals surface area contributed by atoms with E-state index in [1.165, 1.54) is 73.2 Å². The molecule has 2 heterocycles. The number of aromatic nitrogens is 2. The number of benzene rings is 2. The molecule has 0 spiro atoms. The fourth-order valence-corrected chi connectivity index (χ4v) is 5.00. The second-order valence-corrected chi connectivity index (χ2v) is 8.64. The topological polar surface area (TPSA) is 24.3 Å². The molecular formula is C25H32N4. The molecule has 0 N–H and O–H groups in total. The second-order valence-electron chi connectivity index (χ2n) is 8.64. The van der Waals surface area contributed by atoms with Crippen LogP contribution in [0.4, 0.5) is 0 Å². The lowest BCUT2D eigenvalue weighted by Gasteiger charge is -2.42. The molecule has 2 aromatic carbocycles. The Kier molecular flexibility index (Phi) is 5.15. The fourth-order valence-electron chi connectivity index (χ4n) is 5.00. The monoisotopic (exact) mass is 388 g/mol. The van der Waals surface area contributed by atoms with Crippen molar-refractivity contribution < 1.29 is 0 Å². The Hall–Kier alpha value is -2.17. The molecule has 2 aliphatic rings. The molecule has 1 aromatic heterocycles. The van der Waals surface area contributed by atoms with Crippen LogP contribution in [0.1, 0.15) is 37.6 Å². The van der Waals surface area contributed by atoms with Crippen molar-refractivity contribution in [1.29, 1.82) is 0 Å². The first-order valence-corrected chi connectivity index (χ1v) is 11.2. The number of piperazine rings is 1. The van der Waals surface area contributed by atoms with Crippen LogP contribution in [0.15, 0.2) is 42.5 Å². The van der Waals surface area contributed by atoms with Gasteiger partial charge in [-0.05, 0) is 37.5 Å². The van der Waals surface area contributed by atoms with E-state index in [0.29, 0.717) is 0 Å². The van der Waals surface area contributed by atoms with Crippen LogP contribution in [-0.2, 0) is 13.1 Å². The maximum Gasteiger partial charge on any atom is 0.141 e. The van der Waals surface area contributed by atoms with Crippen molar-refractivity contribution in [3.05, 3.63) is 53.9 Å². The minimum absolute atomic E-state index is 0.871. The van der Waals surface area contributed by atoms with Crippen molar-refractivity contribution in [3.63, 3.8) is 0 Å². The summed E-state index contributed by atoms with van der Waals surface area (Å²) < 4.78 is 2.39. The molecule has 3 aromatic rings. The van der Waals surface area contributed by atoms with Crippen molar-refractivity contribution in [2.24, 2.45) is 0 Å². The zero-order valence-electron chi connectivity index (χ0n) is 17.8. The van der Waals surface area contributed by atoms with Crippen LogP contribution in [0.2, 0.25) is 0 Å². The van der Waals surface area contributed by atoms with E-state index < -0.39 is 0 Å². The van der Waals surface area contributed by atoms with Crippen molar-refractivity contribution in [3.8, 4) is 11.4 Å². The van der Waals surface area contributed by atoms with Gasteiger partial charge < -0.3 is 4.57 Å². The third-order valence-corrected chi connectivity index (χ3v) is 7.04. The summed E-state index contributed by atoms with van der Waals surface area (Å²) in [4.78, 5) is 10.5. The van der Waals surface area contributed by atoms with Gasteiger partial charge in [-0.3, -0.25) is 9.80 Å². The second kappa shape index (κ2) is 7.92. The maximum atomic E-state index is 5.18. The quantitative estimate of drug-likeness (QED) is 0.633. The normalized spacial score (nSPS) is 19.0. The average Bonchev–Trinajstić information content (AvgIpc) is 3.03. The van der Waals surface area contributed by atoms with E-state index in [2.05, 4.69) is 70.7 Å². The van der Waals surface area contributed by atoms with Gasteiger partial charge in [-0.2, -0.15) is 0 Å². The van der Waals surface area contributed by atoms with Gasteiger partial charge in [0.25, 0.3) is 0 Å². The van der Waals surface area contributed by atoms with Crippen LogP contribution < -0.4 is 0 Å². The Labute approximate surface area is 174 Å². The molecule has 1 saturated carbocycles. The Morgan fingerprint density at radius 1 is 0.966 bits per heavy atom. The fraction of sp³-hybridized carbons (Fsp3) is 0.480. The summed E-state index contributed by atoms with van der Waals surface area (Å²) in [6, 6.07) is 16.1. The minimum atomic E-state index is 0.871. The van der Waals surface area contributed by atoms with E-state index in [0.717, 1.165) is 25.0 Å². The van der Waals surface area contributed by atoms with Crippen LogP contribution in [0.25, 0.3) is 22.2 Å². The molecule has 0 unspecified atom stereocenters.